The van der Waals surface area contributed by atoms with Crippen LogP contribution in [0.25, 0.3) is 0 Å². The molecule has 4 atom stereocenters. The van der Waals surface area contributed by atoms with E-state index in [4.69, 9.17) is 4.74 Å². The summed E-state index contributed by atoms with van der Waals surface area (Å²) in [7, 11) is 0. The van der Waals surface area contributed by atoms with Crippen molar-refractivity contribution in [2.75, 3.05) is 6.61 Å². The Morgan fingerprint density at radius 1 is 1.25 bits per heavy atom. The molecule has 1 saturated heterocycles. The molecule has 2 rings (SSSR count). The highest BCUT2D eigenvalue weighted by Gasteiger charge is 2.29. The Bertz CT molecular complexity index is 201. The van der Waals surface area contributed by atoms with Crippen molar-refractivity contribution in [2.24, 2.45) is 5.92 Å². The standard InChI is InChI=1S/C14H27NO/c1-3-11-7-8-12(10-11)15-13(4-2)14-6-5-9-16-14/h11-15H,3-10H2,1-2H3. The van der Waals surface area contributed by atoms with Crippen molar-refractivity contribution in [1.82, 2.24) is 5.32 Å². The van der Waals surface area contributed by atoms with Crippen molar-refractivity contribution in [3.05, 3.63) is 0 Å². The van der Waals surface area contributed by atoms with Crippen molar-refractivity contribution in [3.8, 4) is 0 Å². The molecule has 2 nitrogen and oxygen atoms in total. The molecule has 2 aliphatic rings. The fourth-order valence-electron chi connectivity index (χ4n) is 3.31. The molecule has 0 spiro atoms. The molecule has 0 aromatic heterocycles. The first kappa shape index (κ1) is 12.4. The highest BCUT2D eigenvalue weighted by molar-refractivity contribution is 4.87. The second-order valence-corrected chi connectivity index (χ2v) is 5.52. The minimum atomic E-state index is 0.491. The van der Waals surface area contributed by atoms with E-state index in [1.54, 1.807) is 0 Å². The average Bonchev–Trinajstić information content (AvgIpc) is 2.96. The molecular weight excluding hydrogens is 198 g/mol. The van der Waals surface area contributed by atoms with E-state index in [2.05, 4.69) is 19.2 Å². The second kappa shape index (κ2) is 6.02. The monoisotopic (exact) mass is 225 g/mol. The minimum absolute atomic E-state index is 0.491. The van der Waals surface area contributed by atoms with E-state index in [9.17, 15) is 0 Å². The van der Waals surface area contributed by atoms with Gasteiger partial charge in [0.15, 0.2) is 0 Å². The number of nitrogens with one attached hydrogen (secondary N) is 1. The Labute approximate surface area is 100 Å². The third-order valence-corrected chi connectivity index (χ3v) is 4.42. The number of rotatable bonds is 5. The topological polar surface area (TPSA) is 21.3 Å². The van der Waals surface area contributed by atoms with Crippen LogP contribution in [0.5, 0.6) is 0 Å². The van der Waals surface area contributed by atoms with Gasteiger partial charge in [0.2, 0.25) is 0 Å². The molecule has 1 saturated carbocycles. The lowest BCUT2D eigenvalue weighted by Crippen LogP contribution is -2.44. The molecule has 94 valence electrons. The molecule has 0 bridgehead atoms. The normalized spacial score (nSPS) is 36.8. The van der Waals surface area contributed by atoms with Crippen molar-refractivity contribution >= 4 is 0 Å². The van der Waals surface area contributed by atoms with Crippen molar-refractivity contribution in [2.45, 2.75) is 77.0 Å². The van der Waals surface area contributed by atoms with Crippen LogP contribution in [0.15, 0.2) is 0 Å². The Kier molecular flexibility index (Phi) is 4.66. The van der Waals surface area contributed by atoms with Gasteiger partial charge in [-0.2, -0.15) is 0 Å². The zero-order chi connectivity index (χ0) is 11.4. The molecular formula is C14H27NO. The van der Waals surface area contributed by atoms with Crippen LogP contribution >= 0.6 is 0 Å². The highest BCUT2D eigenvalue weighted by atomic mass is 16.5. The maximum absolute atomic E-state index is 5.81. The van der Waals surface area contributed by atoms with Gasteiger partial charge in [0.1, 0.15) is 0 Å². The van der Waals surface area contributed by atoms with E-state index in [1.807, 2.05) is 0 Å². The summed E-state index contributed by atoms with van der Waals surface area (Å²) in [6.07, 6.45) is 9.76. The molecule has 4 unspecified atom stereocenters. The van der Waals surface area contributed by atoms with Gasteiger partial charge in [0.05, 0.1) is 6.10 Å². The third kappa shape index (κ3) is 2.98. The Morgan fingerprint density at radius 3 is 2.69 bits per heavy atom. The summed E-state index contributed by atoms with van der Waals surface area (Å²) in [6.45, 7) is 5.58. The zero-order valence-electron chi connectivity index (χ0n) is 10.9. The predicted octanol–water partition coefficient (Wildman–Crippen LogP) is 3.11. The van der Waals surface area contributed by atoms with Gasteiger partial charge >= 0.3 is 0 Å². The zero-order valence-corrected chi connectivity index (χ0v) is 10.9. The number of hydrogen-bond acceptors (Lipinski definition) is 2. The summed E-state index contributed by atoms with van der Waals surface area (Å²) in [5.41, 5.74) is 0. The fraction of sp³-hybridized carbons (Fsp3) is 1.00. The molecule has 1 aliphatic heterocycles. The Balaban J connectivity index is 1.78. The largest absolute Gasteiger partial charge is 0.377 e. The lowest BCUT2D eigenvalue weighted by molar-refractivity contribution is 0.0728. The molecule has 0 aromatic rings. The number of ether oxygens (including phenoxy) is 1. The van der Waals surface area contributed by atoms with Gasteiger partial charge in [-0.25, -0.2) is 0 Å². The smallest absolute Gasteiger partial charge is 0.0728 e. The molecule has 2 fully saturated rings. The first-order chi connectivity index (χ1) is 7.83. The van der Waals surface area contributed by atoms with E-state index >= 15 is 0 Å². The van der Waals surface area contributed by atoms with Crippen LogP contribution in [0.2, 0.25) is 0 Å². The van der Waals surface area contributed by atoms with Crippen LogP contribution in [0.3, 0.4) is 0 Å². The summed E-state index contributed by atoms with van der Waals surface area (Å²) < 4.78 is 5.81. The maximum atomic E-state index is 5.81. The molecule has 0 amide bonds. The molecule has 1 N–H and O–H groups in total. The van der Waals surface area contributed by atoms with Crippen LogP contribution in [-0.2, 0) is 4.74 Å². The van der Waals surface area contributed by atoms with Gasteiger partial charge in [0, 0.05) is 18.7 Å². The highest BCUT2D eigenvalue weighted by Crippen LogP contribution is 2.29. The SMILES string of the molecule is CCC1CCC(NC(CC)C2CCCO2)C1. The van der Waals surface area contributed by atoms with Crippen molar-refractivity contribution < 1.29 is 4.74 Å². The Morgan fingerprint density at radius 2 is 2.12 bits per heavy atom. The van der Waals surface area contributed by atoms with Gasteiger partial charge in [-0.3, -0.25) is 0 Å². The summed E-state index contributed by atoms with van der Waals surface area (Å²) >= 11 is 0. The molecule has 0 radical (unpaired) electrons. The van der Waals surface area contributed by atoms with Gasteiger partial charge in [-0.05, 0) is 44.4 Å². The molecule has 16 heavy (non-hydrogen) atoms. The number of hydrogen-bond donors (Lipinski definition) is 1. The van der Waals surface area contributed by atoms with Crippen LogP contribution in [0, 0.1) is 5.92 Å². The molecule has 1 aliphatic carbocycles. The van der Waals surface area contributed by atoms with Gasteiger partial charge in [-0.15, -0.1) is 0 Å². The first-order valence-electron chi connectivity index (χ1n) is 7.21. The van der Waals surface area contributed by atoms with E-state index in [0.29, 0.717) is 12.1 Å². The summed E-state index contributed by atoms with van der Waals surface area (Å²) in [5.74, 6) is 0.972. The van der Waals surface area contributed by atoms with Crippen molar-refractivity contribution in [3.63, 3.8) is 0 Å². The summed E-state index contributed by atoms with van der Waals surface area (Å²) in [6, 6.07) is 1.36. The first-order valence-corrected chi connectivity index (χ1v) is 7.21. The fourth-order valence-corrected chi connectivity index (χ4v) is 3.31. The van der Waals surface area contributed by atoms with Gasteiger partial charge < -0.3 is 10.1 Å². The minimum Gasteiger partial charge on any atom is -0.377 e. The quantitative estimate of drug-likeness (QED) is 0.776. The van der Waals surface area contributed by atoms with Crippen LogP contribution in [0.4, 0.5) is 0 Å². The second-order valence-electron chi connectivity index (χ2n) is 5.52. The molecule has 1 heterocycles. The molecule has 0 aromatic carbocycles. The van der Waals surface area contributed by atoms with Crippen LogP contribution < -0.4 is 5.32 Å². The van der Waals surface area contributed by atoms with E-state index < -0.39 is 0 Å². The van der Waals surface area contributed by atoms with Gasteiger partial charge in [-0.1, -0.05) is 20.3 Å². The lowest BCUT2D eigenvalue weighted by Gasteiger charge is -2.26. The van der Waals surface area contributed by atoms with Crippen LogP contribution in [-0.4, -0.2) is 24.8 Å². The van der Waals surface area contributed by atoms with E-state index in [-0.39, 0.29) is 0 Å². The lowest BCUT2D eigenvalue weighted by atomic mass is 10.0. The third-order valence-electron chi connectivity index (χ3n) is 4.42. The molecule has 2 heteroatoms. The Hall–Kier alpha value is -0.0800. The van der Waals surface area contributed by atoms with Gasteiger partial charge in [0.25, 0.3) is 0 Å². The predicted molar refractivity (Wildman–Crippen MR) is 67.6 cm³/mol. The maximum Gasteiger partial charge on any atom is 0.0728 e. The van der Waals surface area contributed by atoms with Crippen LogP contribution in [0.1, 0.15) is 58.8 Å². The van der Waals surface area contributed by atoms with Crippen molar-refractivity contribution in [1.29, 1.82) is 0 Å². The van der Waals surface area contributed by atoms with E-state index in [1.165, 1.54) is 44.9 Å². The average molecular weight is 225 g/mol. The van der Waals surface area contributed by atoms with E-state index in [0.717, 1.165) is 18.6 Å². The summed E-state index contributed by atoms with van der Waals surface area (Å²) in [4.78, 5) is 0. The summed E-state index contributed by atoms with van der Waals surface area (Å²) in [5, 5.41) is 3.85.